The summed E-state index contributed by atoms with van der Waals surface area (Å²) >= 11 is 5.74. The van der Waals surface area contributed by atoms with Gasteiger partial charge in [0, 0.05) is 24.2 Å². The molecule has 6 heteroatoms. The van der Waals surface area contributed by atoms with Crippen LogP contribution >= 0.6 is 11.6 Å². The molecule has 1 aromatic rings. The van der Waals surface area contributed by atoms with Crippen molar-refractivity contribution in [1.29, 1.82) is 0 Å². The molecule has 1 aliphatic rings. The Morgan fingerprint density at radius 2 is 1.94 bits per heavy atom. The highest BCUT2D eigenvalue weighted by atomic mass is 35.5. The molecule has 1 heterocycles. The van der Waals surface area contributed by atoms with E-state index >= 15 is 0 Å². The van der Waals surface area contributed by atoms with Crippen LogP contribution in [0.4, 0.5) is 0 Å². The van der Waals surface area contributed by atoms with E-state index in [1.807, 2.05) is 0 Å². The van der Waals surface area contributed by atoms with Crippen molar-refractivity contribution in [3.05, 3.63) is 29.3 Å². The van der Waals surface area contributed by atoms with Crippen molar-refractivity contribution >= 4 is 21.6 Å². The van der Waals surface area contributed by atoms with Gasteiger partial charge in [0.05, 0.1) is 4.90 Å². The standard InChI is InChI=1S/C11H15ClN2O2S/c12-9-3-5-11(6-4-9)17(15,16)14-7-1-2-10(13)8-14/h3-6,10H,1-2,7-8,13H2/t10-/m1/s1. The second-order valence-electron chi connectivity index (χ2n) is 4.22. The molecule has 0 radical (unpaired) electrons. The highest BCUT2D eigenvalue weighted by Gasteiger charge is 2.28. The Morgan fingerprint density at radius 3 is 2.53 bits per heavy atom. The van der Waals surface area contributed by atoms with Crippen LogP contribution in [0.3, 0.4) is 0 Å². The topological polar surface area (TPSA) is 63.4 Å². The van der Waals surface area contributed by atoms with Gasteiger partial charge in [-0.2, -0.15) is 4.31 Å². The molecule has 0 unspecified atom stereocenters. The highest BCUT2D eigenvalue weighted by Crippen LogP contribution is 2.21. The first-order chi connectivity index (χ1) is 8.00. The lowest BCUT2D eigenvalue weighted by Gasteiger charge is -2.29. The molecule has 2 N–H and O–H groups in total. The molecule has 1 atom stereocenters. The second kappa shape index (κ2) is 4.94. The highest BCUT2D eigenvalue weighted by molar-refractivity contribution is 7.89. The van der Waals surface area contributed by atoms with Crippen LogP contribution in [0.15, 0.2) is 29.2 Å². The molecule has 94 valence electrons. The third kappa shape index (κ3) is 2.80. The van der Waals surface area contributed by atoms with Crippen LogP contribution in [0, 0.1) is 0 Å². The van der Waals surface area contributed by atoms with Gasteiger partial charge in [0.15, 0.2) is 0 Å². The maximum Gasteiger partial charge on any atom is 0.243 e. The number of sulfonamides is 1. The van der Waals surface area contributed by atoms with Crippen molar-refractivity contribution in [3.8, 4) is 0 Å². The van der Waals surface area contributed by atoms with Gasteiger partial charge < -0.3 is 5.73 Å². The average Bonchev–Trinajstić information content (AvgIpc) is 2.29. The van der Waals surface area contributed by atoms with Gasteiger partial charge in [0.1, 0.15) is 0 Å². The van der Waals surface area contributed by atoms with Gasteiger partial charge in [-0.1, -0.05) is 11.6 Å². The number of nitrogens with two attached hydrogens (primary N) is 1. The Hall–Kier alpha value is -0.620. The van der Waals surface area contributed by atoms with E-state index in [4.69, 9.17) is 17.3 Å². The molecule has 0 amide bonds. The smallest absolute Gasteiger partial charge is 0.243 e. The van der Waals surface area contributed by atoms with Gasteiger partial charge in [0.25, 0.3) is 0 Å². The fraction of sp³-hybridized carbons (Fsp3) is 0.455. The lowest BCUT2D eigenvalue weighted by atomic mass is 10.1. The van der Waals surface area contributed by atoms with Crippen molar-refractivity contribution < 1.29 is 8.42 Å². The van der Waals surface area contributed by atoms with Crippen molar-refractivity contribution in [3.63, 3.8) is 0 Å². The largest absolute Gasteiger partial charge is 0.327 e. The Labute approximate surface area is 106 Å². The molecule has 2 rings (SSSR count). The summed E-state index contributed by atoms with van der Waals surface area (Å²) in [7, 11) is -3.42. The van der Waals surface area contributed by atoms with Crippen LogP contribution in [0.5, 0.6) is 0 Å². The molecule has 1 saturated heterocycles. The fourth-order valence-electron chi connectivity index (χ4n) is 1.95. The summed E-state index contributed by atoms with van der Waals surface area (Å²) < 4.78 is 26.0. The minimum absolute atomic E-state index is 0.0641. The fourth-order valence-corrected chi connectivity index (χ4v) is 3.61. The zero-order valence-corrected chi connectivity index (χ0v) is 10.9. The summed E-state index contributed by atoms with van der Waals surface area (Å²) in [6.07, 6.45) is 1.70. The predicted molar refractivity (Wildman–Crippen MR) is 67.4 cm³/mol. The third-order valence-electron chi connectivity index (χ3n) is 2.87. The Balaban J connectivity index is 2.26. The molecule has 0 aliphatic carbocycles. The van der Waals surface area contributed by atoms with E-state index in [2.05, 4.69) is 0 Å². The number of nitrogens with zero attached hydrogens (tertiary/aromatic N) is 1. The minimum Gasteiger partial charge on any atom is -0.327 e. The van der Waals surface area contributed by atoms with Crippen LogP contribution < -0.4 is 5.73 Å². The monoisotopic (exact) mass is 274 g/mol. The average molecular weight is 275 g/mol. The maximum atomic E-state index is 12.3. The molecule has 0 bridgehead atoms. The van der Waals surface area contributed by atoms with Gasteiger partial charge >= 0.3 is 0 Å². The number of hydrogen-bond acceptors (Lipinski definition) is 3. The molecule has 1 fully saturated rings. The van der Waals surface area contributed by atoms with Gasteiger partial charge in [-0.05, 0) is 37.1 Å². The van der Waals surface area contributed by atoms with E-state index < -0.39 is 10.0 Å². The van der Waals surface area contributed by atoms with Crippen molar-refractivity contribution in [2.75, 3.05) is 13.1 Å². The number of piperidine rings is 1. The number of halogens is 1. The van der Waals surface area contributed by atoms with E-state index in [1.165, 1.54) is 16.4 Å². The van der Waals surface area contributed by atoms with Crippen LogP contribution in [-0.4, -0.2) is 31.9 Å². The summed E-state index contributed by atoms with van der Waals surface area (Å²) in [6, 6.07) is 6.15. The lowest BCUT2D eigenvalue weighted by molar-refractivity contribution is 0.316. The van der Waals surface area contributed by atoms with Crippen LogP contribution in [0.25, 0.3) is 0 Å². The Kier molecular flexibility index (Phi) is 3.73. The van der Waals surface area contributed by atoms with Gasteiger partial charge in [0.2, 0.25) is 10.0 Å². The van der Waals surface area contributed by atoms with Gasteiger partial charge in [-0.15, -0.1) is 0 Å². The molecule has 17 heavy (non-hydrogen) atoms. The summed E-state index contributed by atoms with van der Waals surface area (Å²) in [5, 5.41) is 0.527. The van der Waals surface area contributed by atoms with Gasteiger partial charge in [-0.3, -0.25) is 0 Å². The second-order valence-corrected chi connectivity index (χ2v) is 6.59. The van der Waals surface area contributed by atoms with Gasteiger partial charge in [-0.25, -0.2) is 8.42 Å². The summed E-state index contributed by atoms with van der Waals surface area (Å²) in [4.78, 5) is 0.274. The zero-order chi connectivity index (χ0) is 12.5. The Bertz CT molecular complexity index is 487. The number of hydrogen-bond donors (Lipinski definition) is 1. The summed E-state index contributed by atoms with van der Waals surface area (Å²) in [6.45, 7) is 0.934. The van der Waals surface area contributed by atoms with E-state index in [-0.39, 0.29) is 10.9 Å². The molecule has 0 spiro atoms. The van der Waals surface area contributed by atoms with E-state index in [0.29, 0.717) is 18.1 Å². The van der Waals surface area contributed by atoms with E-state index in [9.17, 15) is 8.42 Å². The van der Waals surface area contributed by atoms with Crippen molar-refractivity contribution in [2.24, 2.45) is 5.73 Å². The number of benzene rings is 1. The van der Waals surface area contributed by atoms with Crippen molar-refractivity contribution in [2.45, 2.75) is 23.8 Å². The van der Waals surface area contributed by atoms with Crippen molar-refractivity contribution in [1.82, 2.24) is 4.31 Å². The van der Waals surface area contributed by atoms with Crippen LogP contribution in [0.1, 0.15) is 12.8 Å². The number of rotatable bonds is 2. The SMILES string of the molecule is N[C@@H]1CCCN(S(=O)(=O)c2ccc(Cl)cc2)C1. The Morgan fingerprint density at radius 1 is 1.29 bits per heavy atom. The molecule has 1 aromatic carbocycles. The first-order valence-corrected chi connectivity index (χ1v) is 7.33. The maximum absolute atomic E-state index is 12.3. The normalized spacial score (nSPS) is 22.6. The molecule has 0 aromatic heterocycles. The lowest BCUT2D eigenvalue weighted by Crippen LogP contribution is -2.45. The molecule has 4 nitrogen and oxygen atoms in total. The predicted octanol–water partition coefficient (Wildman–Crippen LogP) is 1.45. The quantitative estimate of drug-likeness (QED) is 0.888. The first kappa shape index (κ1) is 12.8. The molecule has 0 saturated carbocycles. The molecular formula is C11H15ClN2O2S. The molecular weight excluding hydrogens is 260 g/mol. The van der Waals surface area contributed by atoms with Crippen LogP contribution in [-0.2, 0) is 10.0 Å². The molecule has 1 aliphatic heterocycles. The summed E-state index contributed by atoms with van der Waals surface area (Å²) in [5.74, 6) is 0. The van der Waals surface area contributed by atoms with Crippen LogP contribution in [0.2, 0.25) is 5.02 Å². The first-order valence-electron chi connectivity index (χ1n) is 5.51. The minimum atomic E-state index is -3.42. The van der Waals surface area contributed by atoms with E-state index in [1.54, 1.807) is 12.1 Å². The third-order valence-corrected chi connectivity index (χ3v) is 5.00. The summed E-state index contributed by atoms with van der Waals surface area (Å²) in [5.41, 5.74) is 5.80. The van der Waals surface area contributed by atoms with E-state index in [0.717, 1.165) is 12.8 Å². The zero-order valence-electron chi connectivity index (χ0n) is 9.34.